The second-order valence-electron chi connectivity index (χ2n) is 12.0. The number of phenolic OH excluding ortho intramolecular Hbond substituents is 1. The van der Waals surface area contributed by atoms with E-state index in [1.165, 1.54) is 6.07 Å². The number of likely N-dealkylation sites (N-methyl/N-ethyl adjacent to an activating group) is 1. The Kier molecular flexibility index (Phi) is 7.08. The molecule has 12 heteroatoms. The van der Waals surface area contributed by atoms with E-state index in [0.717, 1.165) is 0 Å². The zero-order valence-corrected chi connectivity index (χ0v) is 24.6. The first-order valence-corrected chi connectivity index (χ1v) is 14.4. The van der Waals surface area contributed by atoms with Crippen molar-refractivity contribution in [3.8, 4) is 16.9 Å². The number of epoxide rings is 1. The molecule has 2 aromatic rings. The highest BCUT2D eigenvalue weighted by atomic mass is 16.8. The van der Waals surface area contributed by atoms with Crippen LogP contribution in [0, 0.1) is 11.8 Å². The van der Waals surface area contributed by atoms with Gasteiger partial charge in [0.25, 0.3) is 11.8 Å². The first kappa shape index (κ1) is 29.8. The Morgan fingerprint density at radius 3 is 2.61 bits per heavy atom. The van der Waals surface area contributed by atoms with Gasteiger partial charge in [-0.2, -0.15) is 0 Å². The van der Waals surface area contributed by atoms with E-state index >= 15 is 0 Å². The smallest absolute Gasteiger partial charge is 0.253 e. The number of nitrogens with one attached hydrogen (secondary N) is 1. The fourth-order valence-electron chi connectivity index (χ4n) is 7.47. The molecule has 7 N–H and O–H groups in total. The maximum atomic E-state index is 14.2. The standard InChI is InChI=1S/C32H35N3O9/c1-35(2)25-20-14-17-13-19-18(15-6-4-7-16(12-15)30(41)34-10-5-11-43-3)8-9-21(36)23(19)26(37)22(17)28(39)31(20)32(42,44-31)24(27(25)38)29(33)40/h4,6-9,12,17,20,25,36-38,42H,5,10-11,13-14H2,1-3H3,(H2,33,40)(H,34,41)/t17-,20-,25-,31-,32?/m0/s1. The Morgan fingerprint density at radius 2 is 1.93 bits per heavy atom. The number of rotatable bonds is 8. The number of amides is 2. The maximum Gasteiger partial charge on any atom is 0.253 e. The molecule has 1 heterocycles. The molecule has 2 aromatic carbocycles. The Balaban J connectivity index is 1.42. The molecule has 0 radical (unpaired) electrons. The molecule has 1 unspecified atom stereocenters. The van der Waals surface area contributed by atoms with Crippen molar-refractivity contribution in [2.24, 2.45) is 17.6 Å². The number of carbonyl (C=O) groups is 3. The van der Waals surface area contributed by atoms with Crippen molar-refractivity contribution in [1.29, 1.82) is 0 Å². The molecular formula is C32H35N3O9. The highest BCUT2D eigenvalue weighted by Crippen LogP contribution is 2.67. The number of hydrogen-bond donors (Lipinski definition) is 6. The molecule has 4 aliphatic rings. The first-order valence-electron chi connectivity index (χ1n) is 14.4. The summed E-state index contributed by atoms with van der Waals surface area (Å²) in [7, 11) is 4.93. The second-order valence-corrected chi connectivity index (χ2v) is 12.0. The summed E-state index contributed by atoms with van der Waals surface area (Å²) in [6, 6.07) is 9.22. The summed E-state index contributed by atoms with van der Waals surface area (Å²) in [5, 5.41) is 47.9. The highest BCUT2D eigenvalue weighted by molar-refractivity contribution is 6.14. The van der Waals surface area contributed by atoms with E-state index in [0.29, 0.717) is 41.8 Å². The predicted molar refractivity (Wildman–Crippen MR) is 157 cm³/mol. The average Bonchev–Trinajstić information content (AvgIpc) is 3.60. The van der Waals surface area contributed by atoms with E-state index in [2.05, 4.69) is 5.32 Å². The van der Waals surface area contributed by atoms with Gasteiger partial charge in [0, 0.05) is 37.3 Å². The quantitative estimate of drug-likeness (QED) is 0.190. The monoisotopic (exact) mass is 605 g/mol. The molecule has 1 aliphatic heterocycles. The van der Waals surface area contributed by atoms with E-state index in [-0.39, 0.29) is 35.6 Å². The summed E-state index contributed by atoms with van der Waals surface area (Å²) in [5.41, 5.74) is 5.40. The third kappa shape index (κ3) is 4.09. The summed E-state index contributed by atoms with van der Waals surface area (Å²) in [6.07, 6.45) is 1.10. The molecular weight excluding hydrogens is 570 g/mol. The number of methoxy groups -OCH3 is 1. The molecule has 232 valence electrons. The Morgan fingerprint density at radius 1 is 1.18 bits per heavy atom. The van der Waals surface area contributed by atoms with Gasteiger partial charge < -0.3 is 41.0 Å². The minimum Gasteiger partial charge on any atom is -0.510 e. The molecule has 6 rings (SSSR count). The summed E-state index contributed by atoms with van der Waals surface area (Å²) in [4.78, 5) is 41.0. The van der Waals surface area contributed by atoms with Crippen LogP contribution >= 0.6 is 0 Å². The number of aromatic hydroxyl groups is 1. The number of carbonyl (C=O) groups excluding carboxylic acids is 3. The van der Waals surface area contributed by atoms with Crippen LogP contribution in [0.15, 0.2) is 53.3 Å². The van der Waals surface area contributed by atoms with Crippen LogP contribution < -0.4 is 11.1 Å². The Hall–Kier alpha value is -4.23. The van der Waals surface area contributed by atoms with E-state index in [1.807, 2.05) is 6.07 Å². The second kappa shape index (κ2) is 10.4. The van der Waals surface area contributed by atoms with Crippen molar-refractivity contribution in [3.63, 3.8) is 0 Å². The van der Waals surface area contributed by atoms with Gasteiger partial charge in [0.2, 0.25) is 11.6 Å². The maximum absolute atomic E-state index is 14.2. The summed E-state index contributed by atoms with van der Waals surface area (Å²) in [5.74, 6) is -7.05. The van der Waals surface area contributed by atoms with Crippen LogP contribution in [-0.4, -0.2) is 94.7 Å². The zero-order chi connectivity index (χ0) is 31.7. The molecule has 1 spiro atoms. The number of ether oxygens (including phenoxy) is 2. The van der Waals surface area contributed by atoms with Gasteiger partial charge in [0.15, 0.2) is 5.60 Å². The zero-order valence-electron chi connectivity index (χ0n) is 24.6. The third-order valence-electron chi connectivity index (χ3n) is 9.36. The van der Waals surface area contributed by atoms with Gasteiger partial charge >= 0.3 is 0 Å². The van der Waals surface area contributed by atoms with Crippen molar-refractivity contribution < 1.29 is 44.3 Å². The number of nitrogens with zero attached hydrogens (tertiary/aromatic N) is 1. The predicted octanol–water partition coefficient (Wildman–Crippen LogP) is 1.55. The molecule has 2 amide bonds. The number of aliphatic hydroxyl groups is 3. The van der Waals surface area contributed by atoms with Gasteiger partial charge in [-0.3, -0.25) is 19.3 Å². The summed E-state index contributed by atoms with van der Waals surface area (Å²) >= 11 is 0. The van der Waals surface area contributed by atoms with Crippen LogP contribution in [-0.2, 0) is 25.5 Å². The molecule has 3 aliphatic carbocycles. The fraction of sp³-hybridized carbons (Fsp3) is 0.406. The number of fused-ring (bicyclic) bond motifs is 2. The molecule has 0 bridgehead atoms. The molecule has 1 saturated carbocycles. The lowest BCUT2D eigenvalue weighted by Gasteiger charge is -2.46. The third-order valence-corrected chi connectivity index (χ3v) is 9.36. The normalized spacial score (nSPS) is 28.7. The largest absolute Gasteiger partial charge is 0.510 e. The lowest BCUT2D eigenvalue weighted by atomic mass is 9.58. The number of primary amides is 1. The first-order chi connectivity index (χ1) is 20.9. The molecule has 12 nitrogen and oxygen atoms in total. The number of phenols is 1. The number of benzene rings is 2. The highest BCUT2D eigenvalue weighted by Gasteiger charge is 2.85. The molecule has 44 heavy (non-hydrogen) atoms. The van der Waals surface area contributed by atoms with Crippen LogP contribution in [0.5, 0.6) is 5.75 Å². The van der Waals surface area contributed by atoms with E-state index < -0.39 is 58.0 Å². The van der Waals surface area contributed by atoms with Crippen molar-refractivity contribution in [1.82, 2.24) is 10.2 Å². The van der Waals surface area contributed by atoms with Crippen molar-refractivity contribution >= 4 is 23.4 Å². The van der Waals surface area contributed by atoms with E-state index in [4.69, 9.17) is 15.2 Å². The number of Topliss-reactive ketones (excluding diaryl/α,β-unsaturated/α-hetero) is 1. The number of aliphatic hydroxyl groups excluding tert-OH is 2. The van der Waals surface area contributed by atoms with Gasteiger partial charge in [-0.05, 0) is 74.2 Å². The number of ketones is 1. The van der Waals surface area contributed by atoms with Crippen molar-refractivity contribution in [2.45, 2.75) is 36.7 Å². The van der Waals surface area contributed by atoms with Crippen molar-refractivity contribution in [2.75, 3.05) is 34.4 Å². The van der Waals surface area contributed by atoms with Gasteiger partial charge in [-0.25, -0.2) is 0 Å². The Bertz CT molecular complexity index is 1660. The van der Waals surface area contributed by atoms with Crippen LogP contribution in [0.3, 0.4) is 0 Å². The van der Waals surface area contributed by atoms with Gasteiger partial charge in [0.05, 0.1) is 11.6 Å². The summed E-state index contributed by atoms with van der Waals surface area (Å²) in [6.45, 7) is 0.970. The lowest BCUT2D eigenvalue weighted by molar-refractivity contribution is -0.127. The van der Waals surface area contributed by atoms with Crippen LogP contribution in [0.4, 0.5) is 0 Å². The Labute approximate surface area is 253 Å². The molecule has 5 atom stereocenters. The summed E-state index contributed by atoms with van der Waals surface area (Å²) < 4.78 is 10.7. The van der Waals surface area contributed by atoms with E-state index in [9.17, 15) is 34.8 Å². The van der Waals surface area contributed by atoms with E-state index in [1.54, 1.807) is 50.4 Å². The van der Waals surface area contributed by atoms with Crippen LogP contribution in [0.1, 0.15) is 34.3 Å². The molecule has 0 aromatic heterocycles. The average molecular weight is 606 g/mol. The molecule has 1 saturated heterocycles. The van der Waals surface area contributed by atoms with Crippen molar-refractivity contribution in [3.05, 3.63) is 70.0 Å². The van der Waals surface area contributed by atoms with Crippen LogP contribution in [0.2, 0.25) is 0 Å². The van der Waals surface area contributed by atoms with Gasteiger partial charge in [-0.1, -0.05) is 18.2 Å². The molecule has 2 fully saturated rings. The van der Waals surface area contributed by atoms with Gasteiger partial charge in [0.1, 0.15) is 22.8 Å². The number of hydrogen-bond acceptors (Lipinski definition) is 10. The SMILES string of the molecule is COCCCNC(=O)c1cccc(-c2ccc(O)c3c2C[C@H]2C[C@H]4[C@H](N(C)C)C(O)=C(C(N)=O)C5(O)O[C@]45C(=O)C2=C3O)c1. The number of nitrogens with two attached hydrogens (primary N) is 1. The van der Waals surface area contributed by atoms with Gasteiger partial charge in [-0.15, -0.1) is 0 Å². The minimum absolute atomic E-state index is 0.0240. The fourth-order valence-corrected chi connectivity index (χ4v) is 7.47. The van der Waals surface area contributed by atoms with Crippen LogP contribution in [0.25, 0.3) is 16.9 Å². The topological polar surface area (TPSA) is 195 Å². The minimum atomic E-state index is -2.44. The lowest BCUT2D eigenvalue weighted by Crippen LogP contribution is -2.60.